The predicted molar refractivity (Wildman–Crippen MR) is 126 cm³/mol. The summed E-state index contributed by atoms with van der Waals surface area (Å²) in [5.41, 5.74) is 7.80. The van der Waals surface area contributed by atoms with Crippen LogP contribution in [-0.2, 0) is 10.2 Å². The monoisotopic (exact) mass is 426 g/mol. The van der Waals surface area contributed by atoms with Gasteiger partial charge in [-0.2, -0.15) is 10.2 Å². The summed E-state index contributed by atoms with van der Waals surface area (Å²) in [6, 6.07) is 12.8. The minimum atomic E-state index is -0.523. The van der Waals surface area contributed by atoms with Crippen molar-refractivity contribution in [2.75, 3.05) is 0 Å². The van der Waals surface area contributed by atoms with Gasteiger partial charge in [-0.15, -0.1) is 0 Å². The minimum absolute atomic E-state index is 0.0647. The number of aryl methyl sites for hydroxylation is 1. The number of Topliss-reactive ketones (excluding diaryl/α,β-unsaturated/α-hetero) is 1. The molecule has 2 aliphatic heterocycles. The number of benzene rings is 1. The number of allylic oxidation sites excluding steroid dienone is 3. The molecule has 1 aromatic carbocycles. The standard InChI is InChI=1S/C27H30N4O/c1-6-27(20-9-7-8-18(13-20)19-10-11-28-16(2)12-19)23-17(3)30-31-25(23)29-21-14-26(4,5)15-22(32)24(21)27/h7-13,25,29H,6,14-15H2,1-5H3/t25?,27-/m0/s1. The number of azo groups is 1. The maximum absolute atomic E-state index is 13.7. The molecule has 2 aromatic rings. The lowest BCUT2D eigenvalue weighted by molar-refractivity contribution is -0.119. The number of fused-ring (bicyclic) bond motifs is 1. The van der Waals surface area contributed by atoms with Gasteiger partial charge in [0.2, 0.25) is 0 Å². The van der Waals surface area contributed by atoms with Crippen molar-refractivity contribution in [1.29, 1.82) is 0 Å². The van der Waals surface area contributed by atoms with Gasteiger partial charge in [0, 0.05) is 35.2 Å². The van der Waals surface area contributed by atoms with E-state index >= 15 is 0 Å². The Labute approximate surface area is 189 Å². The first-order chi connectivity index (χ1) is 15.2. The van der Waals surface area contributed by atoms with E-state index in [1.807, 2.05) is 26.1 Å². The summed E-state index contributed by atoms with van der Waals surface area (Å²) >= 11 is 0. The van der Waals surface area contributed by atoms with Crippen molar-refractivity contribution in [2.45, 2.75) is 65.5 Å². The zero-order valence-corrected chi connectivity index (χ0v) is 19.5. The van der Waals surface area contributed by atoms with Crippen molar-refractivity contribution >= 4 is 5.78 Å². The van der Waals surface area contributed by atoms with Crippen LogP contribution in [0.4, 0.5) is 0 Å². The Hall–Kier alpha value is -3.08. The zero-order chi connectivity index (χ0) is 22.7. The van der Waals surface area contributed by atoms with Crippen molar-refractivity contribution in [3.05, 3.63) is 76.4 Å². The highest BCUT2D eigenvalue weighted by molar-refractivity contribution is 6.01. The summed E-state index contributed by atoms with van der Waals surface area (Å²) in [6.07, 6.45) is 3.83. The highest BCUT2D eigenvalue weighted by Crippen LogP contribution is 2.55. The number of rotatable bonds is 3. The van der Waals surface area contributed by atoms with Gasteiger partial charge in [-0.3, -0.25) is 9.78 Å². The predicted octanol–water partition coefficient (Wildman–Crippen LogP) is 6.02. The van der Waals surface area contributed by atoms with E-state index in [0.29, 0.717) is 6.42 Å². The van der Waals surface area contributed by atoms with Gasteiger partial charge in [-0.05, 0) is 67.0 Å². The van der Waals surface area contributed by atoms with E-state index in [-0.39, 0.29) is 17.4 Å². The van der Waals surface area contributed by atoms with E-state index in [0.717, 1.165) is 57.8 Å². The summed E-state index contributed by atoms with van der Waals surface area (Å²) in [5, 5.41) is 12.6. The molecular weight excluding hydrogens is 396 g/mol. The van der Waals surface area contributed by atoms with Gasteiger partial charge < -0.3 is 5.32 Å². The van der Waals surface area contributed by atoms with E-state index < -0.39 is 5.41 Å². The maximum atomic E-state index is 13.7. The Balaban J connectivity index is 1.77. The van der Waals surface area contributed by atoms with E-state index in [9.17, 15) is 4.79 Å². The van der Waals surface area contributed by atoms with Crippen LogP contribution in [0.5, 0.6) is 0 Å². The van der Waals surface area contributed by atoms with Gasteiger partial charge in [0.15, 0.2) is 11.9 Å². The van der Waals surface area contributed by atoms with Gasteiger partial charge in [-0.1, -0.05) is 39.0 Å². The molecule has 0 amide bonds. The SMILES string of the molecule is CC[C@@]1(c2cccc(-c3ccnc(C)c3)c2)C2=C(CC(C)(C)CC2=O)NC2N=NC(C)=C21. The fourth-order valence-corrected chi connectivity index (χ4v) is 5.90. The molecule has 0 fully saturated rings. The van der Waals surface area contributed by atoms with E-state index in [1.165, 1.54) is 0 Å². The van der Waals surface area contributed by atoms with Gasteiger partial charge in [0.05, 0.1) is 11.1 Å². The summed E-state index contributed by atoms with van der Waals surface area (Å²) in [7, 11) is 0. The zero-order valence-electron chi connectivity index (χ0n) is 19.5. The summed E-state index contributed by atoms with van der Waals surface area (Å²) in [4.78, 5) is 18.0. The maximum Gasteiger partial charge on any atom is 0.165 e. The summed E-state index contributed by atoms with van der Waals surface area (Å²) < 4.78 is 0. The first-order valence-corrected chi connectivity index (χ1v) is 11.4. The fourth-order valence-electron chi connectivity index (χ4n) is 5.90. The lowest BCUT2D eigenvalue weighted by Gasteiger charge is -2.48. The third kappa shape index (κ3) is 3.06. The lowest BCUT2D eigenvalue weighted by Crippen LogP contribution is -2.51. The first-order valence-electron chi connectivity index (χ1n) is 11.4. The number of ketones is 1. The molecule has 5 rings (SSSR count). The van der Waals surface area contributed by atoms with Crippen LogP contribution in [0, 0.1) is 12.3 Å². The second-order valence-electron chi connectivity index (χ2n) is 10.1. The number of carbonyl (C=O) groups excluding carboxylic acids is 1. The molecule has 0 saturated heterocycles. The molecule has 0 spiro atoms. The fraction of sp³-hybridized carbons (Fsp3) is 0.407. The van der Waals surface area contributed by atoms with Crippen LogP contribution in [0.1, 0.15) is 58.2 Å². The van der Waals surface area contributed by atoms with E-state index in [4.69, 9.17) is 0 Å². The van der Waals surface area contributed by atoms with Crippen LogP contribution in [-0.4, -0.2) is 16.9 Å². The first kappa shape index (κ1) is 20.8. The van der Waals surface area contributed by atoms with Gasteiger partial charge in [-0.25, -0.2) is 0 Å². The van der Waals surface area contributed by atoms with Gasteiger partial charge in [0.1, 0.15) is 0 Å². The highest BCUT2D eigenvalue weighted by Gasteiger charge is 2.53. The number of aromatic nitrogens is 1. The van der Waals surface area contributed by atoms with Crippen molar-refractivity contribution in [3.63, 3.8) is 0 Å². The van der Waals surface area contributed by atoms with Crippen LogP contribution in [0.25, 0.3) is 11.1 Å². The molecule has 5 heteroatoms. The number of carbonyl (C=O) groups is 1. The molecule has 1 aromatic heterocycles. The third-order valence-corrected chi connectivity index (χ3v) is 7.17. The van der Waals surface area contributed by atoms with Crippen molar-refractivity contribution in [1.82, 2.24) is 10.3 Å². The van der Waals surface area contributed by atoms with Crippen LogP contribution in [0.2, 0.25) is 0 Å². The Morgan fingerprint density at radius 1 is 1.09 bits per heavy atom. The largest absolute Gasteiger partial charge is 0.362 e. The van der Waals surface area contributed by atoms with Crippen LogP contribution >= 0.6 is 0 Å². The second-order valence-corrected chi connectivity index (χ2v) is 10.1. The topological polar surface area (TPSA) is 66.7 Å². The number of hydrogen-bond acceptors (Lipinski definition) is 5. The normalized spacial score (nSPS) is 26.2. The Kier molecular flexibility index (Phi) is 4.70. The highest BCUT2D eigenvalue weighted by atomic mass is 16.1. The van der Waals surface area contributed by atoms with E-state index in [1.54, 1.807) is 0 Å². The molecule has 5 nitrogen and oxygen atoms in total. The number of hydrogen-bond donors (Lipinski definition) is 1. The molecule has 0 radical (unpaired) electrons. The molecule has 1 aliphatic carbocycles. The number of pyridine rings is 1. The van der Waals surface area contributed by atoms with Crippen LogP contribution in [0.3, 0.4) is 0 Å². The number of nitrogens with zero attached hydrogens (tertiary/aromatic N) is 3. The van der Waals surface area contributed by atoms with Crippen molar-refractivity contribution in [2.24, 2.45) is 15.6 Å². The second kappa shape index (κ2) is 7.22. The molecule has 1 N–H and O–H groups in total. The molecule has 1 unspecified atom stereocenters. The lowest BCUT2D eigenvalue weighted by atomic mass is 9.58. The third-order valence-electron chi connectivity index (χ3n) is 7.17. The Morgan fingerprint density at radius 2 is 1.88 bits per heavy atom. The molecule has 164 valence electrons. The Bertz CT molecular complexity index is 1220. The quantitative estimate of drug-likeness (QED) is 0.653. The van der Waals surface area contributed by atoms with Crippen molar-refractivity contribution in [3.8, 4) is 11.1 Å². The molecule has 2 atom stereocenters. The van der Waals surface area contributed by atoms with Crippen LogP contribution < -0.4 is 5.32 Å². The molecule has 3 heterocycles. The summed E-state index contributed by atoms with van der Waals surface area (Å²) in [6.45, 7) is 10.5. The Morgan fingerprint density at radius 3 is 2.62 bits per heavy atom. The van der Waals surface area contributed by atoms with Gasteiger partial charge in [0.25, 0.3) is 0 Å². The molecule has 0 saturated carbocycles. The van der Waals surface area contributed by atoms with Crippen LogP contribution in [0.15, 0.2) is 75.4 Å². The average Bonchev–Trinajstić information content (AvgIpc) is 3.12. The summed E-state index contributed by atoms with van der Waals surface area (Å²) in [5.74, 6) is 0.237. The van der Waals surface area contributed by atoms with E-state index in [2.05, 4.69) is 71.6 Å². The molecule has 0 bridgehead atoms. The molecule has 3 aliphatic rings. The smallest absolute Gasteiger partial charge is 0.165 e. The molecule has 32 heavy (non-hydrogen) atoms. The number of nitrogens with one attached hydrogen (secondary N) is 1. The molecular formula is C27H30N4O. The van der Waals surface area contributed by atoms with Crippen molar-refractivity contribution < 1.29 is 4.79 Å². The van der Waals surface area contributed by atoms with Gasteiger partial charge >= 0.3 is 0 Å². The minimum Gasteiger partial charge on any atom is -0.362 e. The average molecular weight is 427 g/mol.